The van der Waals surface area contributed by atoms with Crippen LogP contribution in [0.25, 0.3) is 0 Å². The number of pyridine rings is 1. The summed E-state index contributed by atoms with van der Waals surface area (Å²) in [6.07, 6.45) is 3.10. The summed E-state index contributed by atoms with van der Waals surface area (Å²) in [6, 6.07) is 15.3. The van der Waals surface area contributed by atoms with Gasteiger partial charge >= 0.3 is 0 Å². The van der Waals surface area contributed by atoms with Gasteiger partial charge in [-0.1, -0.05) is 49.4 Å². The zero-order valence-electron chi connectivity index (χ0n) is 20.5. The molecule has 0 bridgehead atoms. The molecule has 1 aromatic carbocycles. The Kier molecular flexibility index (Phi) is 9.53. The average Bonchev–Trinajstić information content (AvgIpc) is 3.33. The van der Waals surface area contributed by atoms with Crippen LogP contribution in [-0.2, 0) is 16.1 Å². The summed E-state index contributed by atoms with van der Waals surface area (Å²) < 4.78 is 13.2. The van der Waals surface area contributed by atoms with E-state index in [0.717, 1.165) is 22.6 Å². The van der Waals surface area contributed by atoms with Gasteiger partial charge in [0.15, 0.2) is 17.4 Å². The quantitative estimate of drug-likeness (QED) is 0.266. The SMILES string of the molecule is CCC(=O)c1cc2n(n1)CCOC2c1ccccc1.[B]C([B])([B])N(C=O)c1ncccc1OCCC. The molecule has 11 heteroatoms. The van der Waals surface area contributed by atoms with E-state index >= 15 is 0 Å². The van der Waals surface area contributed by atoms with Gasteiger partial charge in [0.05, 0.1) is 49.0 Å². The zero-order chi connectivity index (χ0) is 26.1. The lowest BCUT2D eigenvalue weighted by atomic mass is 9.48. The van der Waals surface area contributed by atoms with Crippen LogP contribution in [0.3, 0.4) is 0 Å². The average molecular weight is 480 g/mol. The van der Waals surface area contributed by atoms with Crippen molar-refractivity contribution in [2.45, 2.75) is 44.6 Å². The first-order valence-electron chi connectivity index (χ1n) is 11.8. The lowest BCUT2D eigenvalue weighted by molar-refractivity contribution is -0.107. The molecule has 0 fully saturated rings. The van der Waals surface area contributed by atoms with Crippen molar-refractivity contribution < 1.29 is 19.1 Å². The van der Waals surface area contributed by atoms with Crippen LogP contribution in [0.1, 0.15) is 54.5 Å². The van der Waals surface area contributed by atoms with Gasteiger partial charge in [-0.25, -0.2) is 4.98 Å². The monoisotopic (exact) mass is 480 g/mol. The van der Waals surface area contributed by atoms with Gasteiger partial charge in [-0.2, -0.15) is 5.10 Å². The van der Waals surface area contributed by atoms with E-state index in [1.54, 1.807) is 12.1 Å². The highest BCUT2D eigenvalue weighted by Gasteiger charge is 2.26. The Hall–Kier alpha value is -3.33. The number of ketones is 1. The smallest absolute Gasteiger partial charge is 0.213 e. The highest BCUT2D eigenvalue weighted by Crippen LogP contribution is 2.30. The van der Waals surface area contributed by atoms with Gasteiger partial charge in [-0.05, 0) is 30.2 Å². The summed E-state index contributed by atoms with van der Waals surface area (Å²) in [5, 5.41) is 2.57. The van der Waals surface area contributed by atoms with Gasteiger partial charge in [0.2, 0.25) is 6.41 Å². The second kappa shape index (κ2) is 12.6. The maximum Gasteiger partial charge on any atom is 0.213 e. The lowest BCUT2D eigenvalue weighted by Gasteiger charge is -2.33. The van der Waals surface area contributed by atoms with Crippen LogP contribution < -0.4 is 9.64 Å². The summed E-state index contributed by atoms with van der Waals surface area (Å²) in [6.45, 7) is 5.64. The molecule has 2 aromatic heterocycles. The maximum absolute atomic E-state index is 11.8. The van der Waals surface area contributed by atoms with E-state index in [9.17, 15) is 9.59 Å². The Bertz CT molecular complexity index is 1150. The Morgan fingerprint density at radius 3 is 2.61 bits per heavy atom. The number of amides is 1. The fraction of sp³-hybridized carbons (Fsp3) is 0.360. The minimum Gasteiger partial charge on any atom is -0.490 e. The van der Waals surface area contributed by atoms with Crippen molar-refractivity contribution in [3.63, 3.8) is 0 Å². The number of benzene rings is 1. The third kappa shape index (κ3) is 6.66. The van der Waals surface area contributed by atoms with Crippen LogP contribution in [-0.4, -0.2) is 68.9 Å². The molecule has 3 aromatic rings. The molecule has 0 saturated carbocycles. The molecule has 0 aliphatic carbocycles. The van der Waals surface area contributed by atoms with E-state index in [0.29, 0.717) is 44.0 Å². The van der Waals surface area contributed by atoms with Gasteiger partial charge in [0, 0.05) is 12.6 Å². The molecule has 6 radical (unpaired) electrons. The molecule has 1 aliphatic rings. The summed E-state index contributed by atoms with van der Waals surface area (Å²) in [4.78, 5) is 27.6. The molecule has 8 nitrogen and oxygen atoms in total. The van der Waals surface area contributed by atoms with Crippen LogP contribution in [0.15, 0.2) is 54.7 Å². The number of rotatable bonds is 9. The van der Waals surface area contributed by atoms with E-state index in [1.807, 2.05) is 54.9 Å². The Labute approximate surface area is 215 Å². The van der Waals surface area contributed by atoms with E-state index in [1.165, 1.54) is 6.20 Å². The van der Waals surface area contributed by atoms with Crippen molar-refractivity contribution in [2.75, 3.05) is 18.1 Å². The number of hydrogen-bond acceptors (Lipinski definition) is 6. The molecule has 1 unspecified atom stereocenters. The first-order chi connectivity index (χ1) is 17.3. The number of nitrogens with zero attached hydrogens (tertiary/aromatic N) is 4. The predicted molar refractivity (Wildman–Crippen MR) is 140 cm³/mol. The first kappa shape index (κ1) is 27.3. The van der Waals surface area contributed by atoms with E-state index in [4.69, 9.17) is 33.0 Å². The molecule has 180 valence electrons. The number of Topliss-reactive ketones (excluding diaryl/α,β-unsaturated/α-hetero) is 1. The topological polar surface area (TPSA) is 86.6 Å². The van der Waals surface area contributed by atoms with E-state index in [2.05, 4.69) is 10.1 Å². The summed E-state index contributed by atoms with van der Waals surface area (Å²) in [5.74, 6) is 0.685. The molecular formula is C25H27B3N4O4. The molecule has 3 heterocycles. The Morgan fingerprint density at radius 1 is 1.22 bits per heavy atom. The summed E-state index contributed by atoms with van der Waals surface area (Å²) in [7, 11) is 16.4. The van der Waals surface area contributed by atoms with Crippen molar-refractivity contribution in [3.8, 4) is 5.75 Å². The van der Waals surface area contributed by atoms with E-state index < -0.39 is 5.24 Å². The van der Waals surface area contributed by atoms with Crippen molar-refractivity contribution in [1.82, 2.24) is 14.8 Å². The van der Waals surface area contributed by atoms with Gasteiger partial charge < -0.3 is 14.4 Å². The number of carbonyl (C=O) groups excluding carboxylic acids is 2. The van der Waals surface area contributed by atoms with Gasteiger partial charge in [-0.3, -0.25) is 14.3 Å². The molecule has 1 aliphatic heterocycles. The zero-order valence-corrected chi connectivity index (χ0v) is 20.5. The molecule has 4 rings (SSSR count). The summed E-state index contributed by atoms with van der Waals surface area (Å²) >= 11 is 0. The molecule has 0 saturated heterocycles. The number of anilines is 1. The third-order valence-electron chi connectivity index (χ3n) is 5.34. The van der Waals surface area contributed by atoms with Crippen LogP contribution in [0.2, 0.25) is 0 Å². The number of hydrogen-bond donors (Lipinski definition) is 0. The van der Waals surface area contributed by atoms with Crippen molar-refractivity contribution in [3.05, 3.63) is 71.7 Å². The minimum absolute atomic E-state index is 0.0775. The van der Waals surface area contributed by atoms with Crippen molar-refractivity contribution in [1.29, 1.82) is 0 Å². The number of ether oxygens (including phenoxy) is 2. The molecule has 0 spiro atoms. The fourth-order valence-electron chi connectivity index (χ4n) is 3.59. The van der Waals surface area contributed by atoms with Crippen molar-refractivity contribution >= 4 is 41.6 Å². The lowest BCUT2D eigenvalue weighted by Crippen LogP contribution is -2.50. The third-order valence-corrected chi connectivity index (χ3v) is 5.34. The van der Waals surface area contributed by atoms with Crippen LogP contribution in [0.5, 0.6) is 5.75 Å². The Balaban J connectivity index is 0.000000202. The highest BCUT2D eigenvalue weighted by atomic mass is 16.5. The maximum atomic E-state index is 11.8. The fourth-order valence-corrected chi connectivity index (χ4v) is 3.59. The minimum atomic E-state index is -1.82. The second-order valence-corrected chi connectivity index (χ2v) is 8.15. The highest BCUT2D eigenvalue weighted by molar-refractivity contribution is 6.61. The van der Waals surface area contributed by atoms with Crippen molar-refractivity contribution in [2.24, 2.45) is 0 Å². The number of aromatic nitrogens is 3. The van der Waals surface area contributed by atoms with Crippen LogP contribution >= 0.6 is 0 Å². The van der Waals surface area contributed by atoms with Crippen LogP contribution in [0, 0.1) is 0 Å². The van der Waals surface area contributed by atoms with Gasteiger partial charge in [-0.15, -0.1) is 0 Å². The standard InChI is InChI=1S/C15H16N2O2.C10H11B3N2O2/c1-2-14(18)12-10-13-15(11-6-4-3-5-7-11)19-9-8-17(13)16-12;1-2-6-17-8-4-3-5-14-9(8)15(7-16)10(11,12)13/h3-7,10,15H,2,8-9H2,1H3;3-5,7H,2,6H2,1H3. The predicted octanol–water partition coefficient (Wildman–Crippen LogP) is 2.55. The van der Waals surface area contributed by atoms with Gasteiger partial charge in [0.1, 0.15) is 11.8 Å². The largest absolute Gasteiger partial charge is 0.490 e. The van der Waals surface area contributed by atoms with E-state index in [-0.39, 0.29) is 17.7 Å². The normalized spacial score (nSPS) is 14.7. The van der Waals surface area contributed by atoms with Gasteiger partial charge in [0.25, 0.3) is 0 Å². The molecule has 1 atom stereocenters. The molecular weight excluding hydrogens is 453 g/mol. The molecule has 1 amide bonds. The first-order valence-corrected chi connectivity index (χ1v) is 11.8. The Morgan fingerprint density at radius 2 is 1.97 bits per heavy atom. The second-order valence-electron chi connectivity index (χ2n) is 8.15. The number of carbonyl (C=O) groups is 2. The number of fused-ring (bicyclic) bond motifs is 1. The summed E-state index contributed by atoms with van der Waals surface area (Å²) in [5.41, 5.74) is 2.61. The molecule has 0 N–H and O–H groups in total. The molecule has 36 heavy (non-hydrogen) atoms. The van der Waals surface area contributed by atoms with Crippen LogP contribution in [0.4, 0.5) is 5.82 Å².